The molecule has 43 heavy (non-hydrogen) atoms. The molecule has 0 bridgehead atoms. The molecule has 0 atom stereocenters. The molecule has 2 aromatic carbocycles. The molecular formula is C27H33F3N4O9. The molecule has 0 aromatic heterocycles. The molecule has 0 unspecified atom stereocenters. The molecule has 0 aliphatic carbocycles. The largest absolute Gasteiger partial charge is 0.490 e. The van der Waals surface area contributed by atoms with Crippen molar-refractivity contribution in [1.82, 2.24) is 10.2 Å². The van der Waals surface area contributed by atoms with Gasteiger partial charge in [0.2, 0.25) is 6.29 Å². The molecule has 2 heterocycles. The number of carbonyl (C=O) groups is 2. The number of alkyl halides is 3. The van der Waals surface area contributed by atoms with E-state index in [1.165, 1.54) is 20.3 Å². The molecule has 236 valence electrons. The first kappa shape index (κ1) is 34.7. The number of rotatable bonds is 4. The van der Waals surface area contributed by atoms with Crippen LogP contribution in [0.15, 0.2) is 24.3 Å². The van der Waals surface area contributed by atoms with E-state index < -0.39 is 27.9 Å². The van der Waals surface area contributed by atoms with Crippen LogP contribution in [0.4, 0.5) is 29.3 Å². The molecule has 13 nitrogen and oxygen atoms in total. The zero-order valence-electron chi connectivity index (χ0n) is 24.3. The highest BCUT2D eigenvalue weighted by molar-refractivity contribution is 5.69. The van der Waals surface area contributed by atoms with Crippen LogP contribution in [0.1, 0.15) is 43.0 Å². The second-order valence-corrected chi connectivity index (χ2v) is 10.3. The van der Waals surface area contributed by atoms with Crippen molar-refractivity contribution in [2.24, 2.45) is 0 Å². The third kappa shape index (κ3) is 10.4. The third-order valence-electron chi connectivity index (χ3n) is 6.08. The molecule has 16 heteroatoms. The smallest absolute Gasteiger partial charge is 0.446 e. The van der Waals surface area contributed by atoms with Crippen molar-refractivity contribution in [3.63, 3.8) is 0 Å². The Balaban J connectivity index is 0.000000264. The molecule has 0 spiro atoms. The summed E-state index contributed by atoms with van der Waals surface area (Å²) >= 11 is 0. The van der Waals surface area contributed by atoms with Crippen molar-refractivity contribution in [2.75, 3.05) is 27.3 Å². The number of hydrogen-bond donors (Lipinski definition) is 1. The Morgan fingerprint density at radius 2 is 1.40 bits per heavy atom. The summed E-state index contributed by atoms with van der Waals surface area (Å²) in [7, 11) is 2.84. The summed E-state index contributed by atoms with van der Waals surface area (Å²) in [5.41, 5.74) is 3.30. The number of fused-ring (bicyclic) bond motifs is 2. The minimum atomic E-state index is -4.64. The summed E-state index contributed by atoms with van der Waals surface area (Å²) in [4.78, 5) is 43.4. The number of nitro benzene ring substituents is 2. The standard InChI is InChI=1S/C15H20N2O5.C10H12N2O3.C2HF3O/c1-15(2,3)22-14(18)16-6-5-10-7-12(17(19)20)13(21-4)8-11(10)9-16;1-15-10-5-8-6-11-3-2-7(8)4-9(10)12(13)14;3-2(4,5)1-6/h7-8H,5-6,9H2,1-4H3;4-5,11H,2-3,6H2,1H3;1H. The number of ether oxygens (including phenoxy) is 3. The maximum Gasteiger partial charge on any atom is 0.446 e. The molecule has 1 amide bonds. The minimum Gasteiger partial charge on any atom is -0.490 e. The van der Waals surface area contributed by atoms with Gasteiger partial charge in [-0.25, -0.2) is 4.79 Å². The number of benzene rings is 2. The SMILES string of the molecule is COc1cc2c(cc1[N+](=O)[O-])CCN(C(=O)OC(C)(C)C)C2.COc1cc2c(cc1[N+](=O)[O-])CCNC2.O=CC(F)(F)F. The van der Waals surface area contributed by atoms with Crippen molar-refractivity contribution in [3.05, 3.63) is 66.7 Å². The number of methoxy groups -OCH3 is 2. The molecule has 0 saturated heterocycles. The van der Waals surface area contributed by atoms with Gasteiger partial charge in [0, 0.05) is 31.8 Å². The Hall–Kier alpha value is -4.47. The lowest BCUT2D eigenvalue weighted by atomic mass is 9.98. The average molecular weight is 615 g/mol. The molecule has 0 saturated carbocycles. The number of nitro groups is 2. The molecule has 1 N–H and O–H groups in total. The maximum absolute atomic E-state index is 12.1. The molecule has 0 fully saturated rings. The van der Waals surface area contributed by atoms with Crippen LogP contribution in [0.5, 0.6) is 11.5 Å². The van der Waals surface area contributed by atoms with E-state index >= 15 is 0 Å². The third-order valence-corrected chi connectivity index (χ3v) is 6.08. The lowest BCUT2D eigenvalue weighted by Crippen LogP contribution is -2.39. The number of nitrogens with zero attached hydrogens (tertiary/aromatic N) is 3. The molecular weight excluding hydrogens is 581 g/mol. The zero-order chi connectivity index (χ0) is 32.5. The number of aldehydes is 1. The normalized spacial score (nSPS) is 13.9. The molecule has 2 aromatic rings. The lowest BCUT2D eigenvalue weighted by molar-refractivity contribution is -0.386. The summed E-state index contributed by atoms with van der Waals surface area (Å²) in [6, 6.07) is 6.53. The Morgan fingerprint density at radius 3 is 1.84 bits per heavy atom. The summed E-state index contributed by atoms with van der Waals surface area (Å²) in [5.74, 6) is 0.539. The molecule has 4 rings (SSSR count). The van der Waals surface area contributed by atoms with E-state index in [0.29, 0.717) is 25.3 Å². The van der Waals surface area contributed by atoms with E-state index in [-0.39, 0.29) is 23.2 Å². The fraction of sp³-hybridized carbons (Fsp3) is 0.481. The van der Waals surface area contributed by atoms with Crippen LogP contribution in [0.25, 0.3) is 0 Å². The highest BCUT2D eigenvalue weighted by Gasteiger charge is 2.28. The van der Waals surface area contributed by atoms with Gasteiger partial charge in [0.05, 0.1) is 24.1 Å². The van der Waals surface area contributed by atoms with Gasteiger partial charge in [-0.2, -0.15) is 13.2 Å². The highest BCUT2D eigenvalue weighted by Crippen LogP contribution is 2.34. The summed E-state index contributed by atoms with van der Waals surface area (Å²) in [5, 5.41) is 25.0. The topological polar surface area (TPSA) is 163 Å². The van der Waals surface area contributed by atoms with Gasteiger partial charge in [0.15, 0.2) is 11.5 Å². The fourth-order valence-electron chi connectivity index (χ4n) is 4.17. The van der Waals surface area contributed by atoms with Crippen molar-refractivity contribution in [3.8, 4) is 11.5 Å². The number of amides is 1. The first-order valence-corrected chi connectivity index (χ1v) is 12.9. The van der Waals surface area contributed by atoms with Crippen LogP contribution in [-0.2, 0) is 35.5 Å². The summed E-state index contributed by atoms with van der Waals surface area (Å²) in [6.07, 6.45) is -4.69. The lowest BCUT2D eigenvalue weighted by Gasteiger charge is -2.31. The number of halogens is 3. The molecule has 2 aliphatic rings. The van der Waals surface area contributed by atoms with E-state index in [1.54, 1.807) is 23.1 Å². The summed E-state index contributed by atoms with van der Waals surface area (Å²) in [6.45, 7) is 7.91. The Bertz CT molecular complexity index is 1340. The minimum absolute atomic E-state index is 0.0491. The Labute approximate surface area is 245 Å². The van der Waals surface area contributed by atoms with Gasteiger partial charge in [-0.05, 0) is 74.5 Å². The molecule has 0 radical (unpaired) electrons. The fourth-order valence-corrected chi connectivity index (χ4v) is 4.17. The predicted molar refractivity (Wildman–Crippen MR) is 147 cm³/mol. The van der Waals surface area contributed by atoms with Crippen molar-refractivity contribution in [1.29, 1.82) is 0 Å². The Kier molecular flexibility index (Phi) is 11.8. The van der Waals surface area contributed by atoms with Crippen LogP contribution < -0.4 is 14.8 Å². The monoisotopic (exact) mass is 614 g/mol. The summed E-state index contributed by atoms with van der Waals surface area (Å²) < 4.78 is 46.7. The second-order valence-electron chi connectivity index (χ2n) is 10.3. The average Bonchev–Trinajstić information content (AvgIpc) is 2.94. The van der Waals surface area contributed by atoms with Crippen LogP contribution >= 0.6 is 0 Å². The van der Waals surface area contributed by atoms with Crippen LogP contribution in [0, 0.1) is 20.2 Å². The van der Waals surface area contributed by atoms with Crippen molar-refractivity contribution in [2.45, 2.75) is 58.5 Å². The van der Waals surface area contributed by atoms with Gasteiger partial charge in [0.1, 0.15) is 5.60 Å². The van der Waals surface area contributed by atoms with Crippen molar-refractivity contribution < 1.29 is 46.8 Å². The van der Waals surface area contributed by atoms with Gasteiger partial charge >= 0.3 is 23.6 Å². The van der Waals surface area contributed by atoms with Gasteiger partial charge in [0.25, 0.3) is 0 Å². The van der Waals surface area contributed by atoms with Gasteiger partial charge in [-0.1, -0.05) is 0 Å². The van der Waals surface area contributed by atoms with E-state index in [4.69, 9.17) is 19.0 Å². The van der Waals surface area contributed by atoms with Crippen LogP contribution in [-0.4, -0.2) is 66.2 Å². The van der Waals surface area contributed by atoms with Gasteiger partial charge in [-0.15, -0.1) is 0 Å². The van der Waals surface area contributed by atoms with Crippen LogP contribution in [0.3, 0.4) is 0 Å². The van der Waals surface area contributed by atoms with E-state index in [2.05, 4.69) is 5.32 Å². The maximum atomic E-state index is 12.1. The van der Waals surface area contributed by atoms with Gasteiger partial charge < -0.3 is 24.4 Å². The second kappa shape index (κ2) is 14.6. The molecule has 2 aliphatic heterocycles. The zero-order valence-corrected chi connectivity index (χ0v) is 24.3. The number of nitrogens with one attached hydrogen (secondary N) is 1. The van der Waals surface area contributed by atoms with E-state index in [9.17, 15) is 38.2 Å². The van der Waals surface area contributed by atoms with Crippen molar-refractivity contribution >= 4 is 23.8 Å². The van der Waals surface area contributed by atoms with Crippen LogP contribution in [0.2, 0.25) is 0 Å². The number of carbonyl (C=O) groups excluding carboxylic acids is 2. The quantitative estimate of drug-likeness (QED) is 0.285. The first-order chi connectivity index (χ1) is 20.0. The predicted octanol–water partition coefficient (Wildman–Crippen LogP) is 4.89. The van der Waals surface area contributed by atoms with Gasteiger partial charge in [-0.3, -0.25) is 25.0 Å². The van der Waals surface area contributed by atoms with E-state index in [0.717, 1.165) is 41.8 Å². The first-order valence-electron chi connectivity index (χ1n) is 12.9. The van der Waals surface area contributed by atoms with E-state index in [1.807, 2.05) is 20.8 Å². The number of hydrogen-bond acceptors (Lipinski definition) is 10. The Morgan fingerprint density at radius 1 is 0.907 bits per heavy atom. The highest BCUT2D eigenvalue weighted by atomic mass is 19.4.